The van der Waals surface area contributed by atoms with Crippen molar-refractivity contribution in [3.8, 4) is 11.1 Å². The minimum absolute atomic E-state index is 0.682. The third-order valence-electron chi connectivity index (χ3n) is 3.57. The number of benzene rings is 2. The van der Waals surface area contributed by atoms with Gasteiger partial charge in [0.25, 0.3) is 0 Å². The van der Waals surface area contributed by atoms with E-state index in [0.717, 1.165) is 6.42 Å². The fourth-order valence-corrected chi connectivity index (χ4v) is 2.47. The topological polar surface area (TPSA) is 41.8 Å². The molecule has 0 atom stereocenters. The summed E-state index contributed by atoms with van der Waals surface area (Å²) in [6.07, 6.45) is 2.98. The van der Waals surface area contributed by atoms with Crippen LogP contribution < -0.4 is 5.73 Å². The van der Waals surface area contributed by atoms with Crippen molar-refractivity contribution >= 4 is 10.9 Å². The minimum Gasteiger partial charge on any atom is -0.361 e. The van der Waals surface area contributed by atoms with Crippen molar-refractivity contribution in [1.82, 2.24) is 4.98 Å². The van der Waals surface area contributed by atoms with Crippen LogP contribution in [0.2, 0.25) is 0 Å². The number of nitrogens with two attached hydrogens (primary N) is 1. The second-order valence-electron chi connectivity index (χ2n) is 4.98. The number of hydrogen-bond acceptors (Lipinski definition) is 1. The van der Waals surface area contributed by atoms with Crippen molar-refractivity contribution in [3.05, 3.63) is 59.8 Å². The van der Waals surface area contributed by atoms with Crippen LogP contribution in [0.5, 0.6) is 0 Å². The van der Waals surface area contributed by atoms with E-state index in [1.807, 2.05) is 0 Å². The molecule has 2 nitrogen and oxygen atoms in total. The van der Waals surface area contributed by atoms with Gasteiger partial charge in [0.05, 0.1) is 0 Å². The van der Waals surface area contributed by atoms with Gasteiger partial charge in [0.1, 0.15) is 0 Å². The van der Waals surface area contributed by atoms with Crippen LogP contribution in [0.4, 0.5) is 0 Å². The maximum absolute atomic E-state index is 5.66. The van der Waals surface area contributed by atoms with Gasteiger partial charge in [-0.3, -0.25) is 0 Å². The van der Waals surface area contributed by atoms with Crippen LogP contribution >= 0.6 is 0 Å². The molecule has 0 saturated carbocycles. The van der Waals surface area contributed by atoms with Gasteiger partial charge in [-0.15, -0.1) is 0 Å². The molecule has 0 aliphatic carbocycles. The van der Waals surface area contributed by atoms with Crippen LogP contribution in [0.15, 0.2) is 48.7 Å². The summed E-state index contributed by atoms with van der Waals surface area (Å²) >= 11 is 0. The zero-order valence-electron chi connectivity index (χ0n) is 11.1. The Hall–Kier alpha value is -2.06. The monoisotopic (exact) mass is 250 g/mol. The maximum atomic E-state index is 5.66. The van der Waals surface area contributed by atoms with Gasteiger partial charge in [0.2, 0.25) is 0 Å². The molecule has 0 radical (unpaired) electrons. The molecule has 0 unspecified atom stereocenters. The molecule has 2 heteroatoms. The van der Waals surface area contributed by atoms with Crippen LogP contribution in [0.3, 0.4) is 0 Å². The number of aromatic nitrogens is 1. The van der Waals surface area contributed by atoms with Crippen molar-refractivity contribution in [2.24, 2.45) is 5.73 Å². The van der Waals surface area contributed by atoms with Crippen molar-refractivity contribution in [1.29, 1.82) is 0 Å². The molecule has 2 aromatic carbocycles. The van der Waals surface area contributed by atoms with E-state index in [1.54, 1.807) is 0 Å². The predicted octanol–water partition coefficient (Wildman–Crippen LogP) is 3.64. The quantitative estimate of drug-likeness (QED) is 0.732. The number of aromatic amines is 1. The molecule has 1 heterocycles. The van der Waals surface area contributed by atoms with E-state index in [4.69, 9.17) is 5.73 Å². The Morgan fingerprint density at radius 2 is 1.74 bits per heavy atom. The number of aryl methyl sites for hydroxylation is 1. The Labute approximate surface area is 113 Å². The van der Waals surface area contributed by atoms with Gasteiger partial charge < -0.3 is 10.7 Å². The van der Waals surface area contributed by atoms with Gasteiger partial charge >= 0.3 is 0 Å². The summed E-state index contributed by atoms with van der Waals surface area (Å²) in [5.41, 5.74) is 11.9. The summed E-state index contributed by atoms with van der Waals surface area (Å²) in [4.78, 5) is 3.31. The number of nitrogens with one attached hydrogen (secondary N) is 1. The molecular weight excluding hydrogens is 232 g/mol. The van der Waals surface area contributed by atoms with E-state index in [9.17, 15) is 0 Å². The summed E-state index contributed by atoms with van der Waals surface area (Å²) in [7, 11) is 0. The number of rotatable bonds is 3. The fourth-order valence-electron chi connectivity index (χ4n) is 2.47. The lowest BCUT2D eigenvalue weighted by Gasteiger charge is -2.04. The van der Waals surface area contributed by atoms with Crippen LogP contribution in [-0.2, 0) is 6.42 Å². The third-order valence-corrected chi connectivity index (χ3v) is 3.57. The number of hydrogen-bond donors (Lipinski definition) is 2. The van der Waals surface area contributed by atoms with E-state index in [1.165, 1.54) is 33.2 Å². The van der Waals surface area contributed by atoms with E-state index >= 15 is 0 Å². The molecule has 3 aromatic rings. The van der Waals surface area contributed by atoms with Crippen molar-refractivity contribution < 1.29 is 0 Å². The smallest absolute Gasteiger partial charge is 0.0457 e. The summed E-state index contributed by atoms with van der Waals surface area (Å²) < 4.78 is 0. The highest BCUT2D eigenvalue weighted by molar-refractivity contribution is 5.88. The average Bonchev–Trinajstić information content (AvgIpc) is 2.83. The second-order valence-corrected chi connectivity index (χ2v) is 4.98. The summed E-state index contributed by atoms with van der Waals surface area (Å²) in [6, 6.07) is 15.2. The lowest BCUT2D eigenvalue weighted by atomic mass is 10.0. The van der Waals surface area contributed by atoms with Gasteiger partial charge in [0, 0.05) is 17.1 Å². The molecule has 1 aromatic heterocycles. The standard InChI is InChI=1S/C17H18N2/c1-12-2-4-13(5-3-12)14-6-7-17-16(10-14)15(8-9-18)11-19-17/h2-7,10-11,19H,8-9,18H2,1H3. The van der Waals surface area contributed by atoms with Gasteiger partial charge in [-0.25, -0.2) is 0 Å². The molecule has 19 heavy (non-hydrogen) atoms. The van der Waals surface area contributed by atoms with Crippen LogP contribution in [0, 0.1) is 6.92 Å². The predicted molar refractivity (Wildman–Crippen MR) is 81.2 cm³/mol. The van der Waals surface area contributed by atoms with Crippen LogP contribution in [0.1, 0.15) is 11.1 Å². The van der Waals surface area contributed by atoms with Gasteiger partial charge in [0.15, 0.2) is 0 Å². The van der Waals surface area contributed by atoms with Gasteiger partial charge in [-0.1, -0.05) is 35.9 Å². The highest BCUT2D eigenvalue weighted by atomic mass is 14.7. The number of H-pyrrole nitrogens is 1. The first kappa shape index (κ1) is 12.0. The van der Waals surface area contributed by atoms with E-state index in [0.29, 0.717) is 6.54 Å². The van der Waals surface area contributed by atoms with Crippen molar-refractivity contribution in [3.63, 3.8) is 0 Å². The molecule has 0 aliphatic rings. The molecular formula is C17H18N2. The Kier molecular flexibility index (Phi) is 3.10. The summed E-state index contributed by atoms with van der Waals surface area (Å²) in [5, 5.41) is 1.28. The van der Waals surface area contributed by atoms with E-state index < -0.39 is 0 Å². The van der Waals surface area contributed by atoms with Crippen LogP contribution in [-0.4, -0.2) is 11.5 Å². The molecule has 0 fully saturated rings. The Balaban J connectivity index is 2.09. The Morgan fingerprint density at radius 1 is 1.00 bits per heavy atom. The molecule has 3 N–H and O–H groups in total. The maximum Gasteiger partial charge on any atom is 0.0457 e. The van der Waals surface area contributed by atoms with Gasteiger partial charge in [-0.2, -0.15) is 0 Å². The van der Waals surface area contributed by atoms with Crippen LogP contribution in [0.25, 0.3) is 22.0 Å². The van der Waals surface area contributed by atoms with Crippen molar-refractivity contribution in [2.75, 3.05) is 6.54 Å². The molecule has 3 rings (SSSR count). The second kappa shape index (κ2) is 4.90. The zero-order chi connectivity index (χ0) is 13.2. The number of fused-ring (bicyclic) bond motifs is 1. The molecule has 0 saturated heterocycles. The Bertz CT molecular complexity index is 693. The largest absolute Gasteiger partial charge is 0.361 e. The molecule has 0 spiro atoms. The first-order chi connectivity index (χ1) is 9.28. The highest BCUT2D eigenvalue weighted by Crippen LogP contribution is 2.26. The highest BCUT2D eigenvalue weighted by Gasteiger charge is 2.05. The third kappa shape index (κ3) is 2.27. The first-order valence-electron chi connectivity index (χ1n) is 6.65. The van der Waals surface area contributed by atoms with Crippen molar-refractivity contribution in [2.45, 2.75) is 13.3 Å². The zero-order valence-corrected chi connectivity index (χ0v) is 11.1. The molecule has 0 bridgehead atoms. The van der Waals surface area contributed by atoms with Gasteiger partial charge in [-0.05, 0) is 48.7 Å². The SMILES string of the molecule is Cc1ccc(-c2ccc3[nH]cc(CCN)c3c2)cc1. The summed E-state index contributed by atoms with van der Waals surface area (Å²) in [5.74, 6) is 0. The Morgan fingerprint density at radius 3 is 2.47 bits per heavy atom. The molecule has 0 amide bonds. The molecule has 96 valence electrons. The minimum atomic E-state index is 0.682. The first-order valence-corrected chi connectivity index (χ1v) is 6.65. The van der Waals surface area contributed by atoms with E-state index in [2.05, 4.69) is 60.6 Å². The lowest BCUT2D eigenvalue weighted by Crippen LogP contribution is -2.01. The normalized spacial score (nSPS) is 11.1. The summed E-state index contributed by atoms with van der Waals surface area (Å²) in [6.45, 7) is 2.79. The lowest BCUT2D eigenvalue weighted by molar-refractivity contribution is 0.976. The fraction of sp³-hybridized carbons (Fsp3) is 0.176. The molecule has 0 aliphatic heterocycles. The van der Waals surface area contributed by atoms with E-state index in [-0.39, 0.29) is 0 Å². The average molecular weight is 250 g/mol.